The molecule has 0 bridgehead atoms. The van der Waals surface area contributed by atoms with Gasteiger partial charge >= 0.3 is 0 Å². The largest absolute Gasteiger partial charge is 0.378 e. The van der Waals surface area contributed by atoms with Crippen molar-refractivity contribution in [3.05, 3.63) is 29.8 Å². The van der Waals surface area contributed by atoms with Crippen molar-refractivity contribution in [2.75, 3.05) is 19.0 Å². The SMILES string of the molecule is CN(C)c1ccc(C(=O)N[Si](C)(C)C)cc1. The first-order chi connectivity index (χ1) is 7.29. The fraction of sp³-hybridized carbons (Fsp3) is 0.417. The minimum Gasteiger partial charge on any atom is -0.378 e. The number of nitrogens with zero attached hydrogens (tertiary/aromatic N) is 1. The van der Waals surface area contributed by atoms with Gasteiger partial charge < -0.3 is 9.88 Å². The average molecular weight is 236 g/mol. The van der Waals surface area contributed by atoms with Crippen LogP contribution in [0.3, 0.4) is 0 Å². The van der Waals surface area contributed by atoms with E-state index in [0.717, 1.165) is 11.3 Å². The summed E-state index contributed by atoms with van der Waals surface area (Å²) in [6, 6.07) is 7.65. The molecule has 0 fully saturated rings. The second-order valence-electron chi connectivity index (χ2n) is 5.15. The number of carbonyl (C=O) groups is 1. The van der Waals surface area contributed by atoms with Crippen molar-refractivity contribution in [2.24, 2.45) is 0 Å². The van der Waals surface area contributed by atoms with Gasteiger partial charge in [-0.15, -0.1) is 0 Å². The average Bonchev–Trinajstić information content (AvgIpc) is 2.15. The molecule has 0 spiro atoms. The van der Waals surface area contributed by atoms with E-state index in [1.165, 1.54) is 0 Å². The number of hydrogen-bond acceptors (Lipinski definition) is 2. The van der Waals surface area contributed by atoms with Crippen LogP contribution in [0.5, 0.6) is 0 Å². The zero-order valence-corrected chi connectivity index (χ0v) is 11.7. The van der Waals surface area contributed by atoms with E-state index in [4.69, 9.17) is 0 Å². The Morgan fingerprint density at radius 1 is 1.12 bits per heavy atom. The molecule has 0 unspecified atom stereocenters. The summed E-state index contributed by atoms with van der Waals surface area (Å²) in [4.78, 5) is 16.9. The van der Waals surface area contributed by atoms with E-state index in [0.29, 0.717) is 0 Å². The smallest absolute Gasteiger partial charge is 0.243 e. The highest BCUT2D eigenvalue weighted by Gasteiger charge is 2.17. The van der Waals surface area contributed by atoms with E-state index in [-0.39, 0.29) is 5.91 Å². The Bertz CT molecular complexity index is 366. The van der Waals surface area contributed by atoms with E-state index >= 15 is 0 Å². The Morgan fingerprint density at radius 3 is 2.00 bits per heavy atom. The first kappa shape index (κ1) is 12.8. The van der Waals surface area contributed by atoms with Gasteiger partial charge in [-0.05, 0) is 24.3 Å². The van der Waals surface area contributed by atoms with Crippen molar-refractivity contribution in [1.82, 2.24) is 4.98 Å². The number of rotatable bonds is 3. The van der Waals surface area contributed by atoms with Gasteiger partial charge in [-0.2, -0.15) is 0 Å². The Hall–Kier alpha value is -1.29. The molecule has 0 saturated carbocycles. The number of benzene rings is 1. The number of nitrogens with one attached hydrogen (secondary N) is 1. The van der Waals surface area contributed by atoms with Crippen LogP contribution in [-0.4, -0.2) is 28.2 Å². The van der Waals surface area contributed by atoms with Crippen molar-refractivity contribution in [3.63, 3.8) is 0 Å². The Balaban J connectivity index is 2.78. The zero-order chi connectivity index (χ0) is 12.3. The van der Waals surface area contributed by atoms with Crippen LogP contribution < -0.4 is 9.88 Å². The Labute approximate surface area is 98.6 Å². The van der Waals surface area contributed by atoms with Gasteiger partial charge in [0.05, 0.1) is 0 Å². The van der Waals surface area contributed by atoms with Gasteiger partial charge in [0.25, 0.3) is 0 Å². The summed E-state index contributed by atoms with van der Waals surface area (Å²) in [5.74, 6) is 0.0319. The standard InChI is InChI=1S/C12H20N2OSi/c1-14(2)11-8-6-10(7-9-11)12(15)13-16(3,4)5/h6-9H,1-5H3,(H,13,15). The lowest BCUT2D eigenvalue weighted by Gasteiger charge is -2.18. The van der Waals surface area contributed by atoms with Crippen LogP contribution in [0.15, 0.2) is 24.3 Å². The molecule has 0 heterocycles. The van der Waals surface area contributed by atoms with Gasteiger partial charge in [-0.25, -0.2) is 0 Å². The molecule has 3 nitrogen and oxygen atoms in total. The maximum Gasteiger partial charge on any atom is 0.243 e. The fourth-order valence-corrected chi connectivity index (χ4v) is 2.15. The van der Waals surface area contributed by atoms with E-state index in [1.807, 2.05) is 43.3 Å². The van der Waals surface area contributed by atoms with E-state index < -0.39 is 8.24 Å². The molecule has 0 aliphatic heterocycles. The molecular formula is C12H20N2OSi. The predicted molar refractivity (Wildman–Crippen MR) is 71.6 cm³/mol. The lowest BCUT2D eigenvalue weighted by atomic mass is 10.2. The molecule has 0 aromatic heterocycles. The van der Waals surface area contributed by atoms with Crippen LogP contribution >= 0.6 is 0 Å². The van der Waals surface area contributed by atoms with Gasteiger partial charge in [0, 0.05) is 25.3 Å². The molecule has 16 heavy (non-hydrogen) atoms. The molecule has 1 aromatic rings. The summed E-state index contributed by atoms with van der Waals surface area (Å²) in [5.41, 5.74) is 1.83. The van der Waals surface area contributed by atoms with Gasteiger partial charge in [-0.1, -0.05) is 19.6 Å². The Kier molecular flexibility index (Phi) is 3.75. The van der Waals surface area contributed by atoms with Gasteiger partial charge in [0.15, 0.2) is 0 Å². The molecule has 1 aromatic carbocycles. The number of carbonyl (C=O) groups excluding carboxylic acids is 1. The van der Waals surface area contributed by atoms with Crippen LogP contribution in [0.1, 0.15) is 10.4 Å². The Morgan fingerprint density at radius 2 is 1.62 bits per heavy atom. The molecular weight excluding hydrogens is 216 g/mol. The van der Waals surface area contributed by atoms with E-state index in [1.54, 1.807) is 0 Å². The van der Waals surface area contributed by atoms with Crippen molar-refractivity contribution >= 4 is 19.8 Å². The van der Waals surface area contributed by atoms with Crippen LogP contribution in [-0.2, 0) is 0 Å². The molecule has 88 valence electrons. The number of amides is 1. The summed E-state index contributed by atoms with van der Waals surface area (Å²) in [6.45, 7) is 6.33. The third-order valence-electron chi connectivity index (χ3n) is 2.13. The highest BCUT2D eigenvalue weighted by Crippen LogP contribution is 2.12. The normalized spacial score (nSPS) is 11.1. The second kappa shape index (κ2) is 4.70. The lowest BCUT2D eigenvalue weighted by molar-refractivity contribution is 0.0978. The molecule has 1 rings (SSSR count). The van der Waals surface area contributed by atoms with E-state index in [2.05, 4.69) is 24.6 Å². The summed E-state index contributed by atoms with van der Waals surface area (Å²) < 4.78 is 0. The monoisotopic (exact) mass is 236 g/mol. The summed E-state index contributed by atoms with van der Waals surface area (Å²) in [7, 11) is 2.42. The number of anilines is 1. The maximum atomic E-state index is 11.9. The first-order valence-corrected chi connectivity index (χ1v) is 8.89. The van der Waals surface area contributed by atoms with Gasteiger partial charge in [-0.3, -0.25) is 4.79 Å². The zero-order valence-electron chi connectivity index (χ0n) is 10.7. The molecule has 0 aliphatic carbocycles. The molecule has 0 saturated heterocycles. The highest BCUT2D eigenvalue weighted by molar-refractivity contribution is 6.76. The molecule has 4 heteroatoms. The molecule has 0 radical (unpaired) electrons. The quantitative estimate of drug-likeness (QED) is 0.817. The van der Waals surface area contributed by atoms with Crippen LogP contribution in [0, 0.1) is 0 Å². The van der Waals surface area contributed by atoms with Crippen molar-refractivity contribution in [2.45, 2.75) is 19.6 Å². The van der Waals surface area contributed by atoms with Crippen LogP contribution in [0.4, 0.5) is 5.69 Å². The second-order valence-corrected chi connectivity index (χ2v) is 9.90. The molecule has 1 N–H and O–H groups in total. The van der Waals surface area contributed by atoms with Crippen molar-refractivity contribution in [3.8, 4) is 0 Å². The lowest BCUT2D eigenvalue weighted by Crippen LogP contribution is -2.45. The minimum absolute atomic E-state index is 0.0319. The van der Waals surface area contributed by atoms with Crippen LogP contribution in [0.25, 0.3) is 0 Å². The molecule has 1 amide bonds. The molecule has 0 atom stereocenters. The third kappa shape index (κ3) is 3.70. The summed E-state index contributed by atoms with van der Waals surface area (Å²) in [5, 5.41) is 0. The van der Waals surface area contributed by atoms with Crippen molar-refractivity contribution in [1.29, 1.82) is 0 Å². The number of hydrogen-bond donors (Lipinski definition) is 1. The van der Waals surface area contributed by atoms with Crippen molar-refractivity contribution < 1.29 is 4.79 Å². The first-order valence-electron chi connectivity index (χ1n) is 5.39. The summed E-state index contributed by atoms with van der Waals surface area (Å²) >= 11 is 0. The maximum absolute atomic E-state index is 11.9. The predicted octanol–water partition coefficient (Wildman–Crippen LogP) is 2.32. The van der Waals surface area contributed by atoms with Gasteiger partial charge in [0.1, 0.15) is 8.24 Å². The third-order valence-corrected chi connectivity index (χ3v) is 3.11. The topological polar surface area (TPSA) is 32.3 Å². The minimum atomic E-state index is -1.55. The molecule has 0 aliphatic rings. The fourth-order valence-electron chi connectivity index (χ4n) is 1.32. The van der Waals surface area contributed by atoms with E-state index in [9.17, 15) is 4.79 Å². The summed E-state index contributed by atoms with van der Waals surface area (Å²) in [6.07, 6.45) is 0. The van der Waals surface area contributed by atoms with Crippen LogP contribution in [0.2, 0.25) is 19.6 Å². The highest BCUT2D eigenvalue weighted by atomic mass is 28.3. The van der Waals surface area contributed by atoms with Gasteiger partial charge in [0.2, 0.25) is 5.91 Å².